The number of fused-ring (bicyclic) bond motifs is 2. The fraction of sp³-hybridized carbons (Fsp3) is 0.219. The summed E-state index contributed by atoms with van der Waals surface area (Å²) in [5.41, 5.74) is 2.79. The zero-order valence-electron chi connectivity index (χ0n) is 23.3. The van der Waals surface area contributed by atoms with E-state index in [0.29, 0.717) is 55.9 Å². The number of benzene rings is 3. The van der Waals surface area contributed by atoms with Gasteiger partial charge in [0.15, 0.2) is 11.5 Å². The molecule has 0 saturated heterocycles. The van der Waals surface area contributed by atoms with Gasteiger partial charge in [-0.3, -0.25) is 9.36 Å². The first-order chi connectivity index (χ1) is 20.0. The maximum atomic E-state index is 13.4. The minimum atomic E-state index is -0.582. The lowest BCUT2D eigenvalue weighted by molar-refractivity contribution is 0.0518. The van der Waals surface area contributed by atoms with Crippen LogP contribution in [0.15, 0.2) is 71.7 Å². The van der Waals surface area contributed by atoms with Crippen LogP contribution in [0.2, 0.25) is 0 Å². The van der Waals surface area contributed by atoms with Crippen LogP contribution in [0.4, 0.5) is 0 Å². The summed E-state index contributed by atoms with van der Waals surface area (Å²) >= 11 is 0. The number of carbonyl (C=O) groups excluding carboxylic acids is 1. The van der Waals surface area contributed by atoms with Gasteiger partial charge >= 0.3 is 5.97 Å². The number of methoxy groups -OCH3 is 3. The lowest BCUT2D eigenvalue weighted by Gasteiger charge is -2.22. The van der Waals surface area contributed by atoms with E-state index in [1.165, 1.54) is 32.0 Å². The van der Waals surface area contributed by atoms with Crippen molar-refractivity contribution in [1.82, 2.24) is 9.55 Å². The van der Waals surface area contributed by atoms with Gasteiger partial charge in [-0.05, 0) is 70.6 Å². The number of hydrogen-bond acceptors (Lipinski definition) is 8. The average molecular weight is 555 g/mol. The number of aliphatic hydroxyl groups excluding tert-OH is 1. The molecule has 5 aromatic rings. The van der Waals surface area contributed by atoms with Gasteiger partial charge in [0.05, 0.1) is 45.1 Å². The molecule has 0 unspecified atom stereocenters. The second kappa shape index (κ2) is 11.8. The predicted molar refractivity (Wildman–Crippen MR) is 156 cm³/mol. The van der Waals surface area contributed by atoms with E-state index in [0.717, 1.165) is 5.39 Å². The predicted octanol–water partition coefficient (Wildman–Crippen LogP) is 5.04. The van der Waals surface area contributed by atoms with Gasteiger partial charge in [0.2, 0.25) is 0 Å². The SMILES string of the molecule is CCOC(=O)c1c(CO)c(-c2ccnc(-n3c(=O)ccc4ccccc43)c2)c2cc(OC)c(OC)cc2c1COC. The molecule has 2 heterocycles. The summed E-state index contributed by atoms with van der Waals surface area (Å²) in [5.74, 6) is 0.742. The van der Waals surface area contributed by atoms with Crippen molar-refractivity contribution < 1.29 is 28.8 Å². The van der Waals surface area contributed by atoms with E-state index in [2.05, 4.69) is 4.98 Å². The lowest BCUT2D eigenvalue weighted by Crippen LogP contribution is -2.18. The van der Waals surface area contributed by atoms with Gasteiger partial charge < -0.3 is 24.1 Å². The van der Waals surface area contributed by atoms with Gasteiger partial charge in [0, 0.05) is 30.5 Å². The zero-order valence-corrected chi connectivity index (χ0v) is 23.3. The molecule has 0 fully saturated rings. The molecule has 0 saturated carbocycles. The molecule has 210 valence electrons. The highest BCUT2D eigenvalue weighted by molar-refractivity contribution is 6.09. The molecule has 1 N–H and O–H groups in total. The van der Waals surface area contributed by atoms with E-state index in [1.54, 1.807) is 43.5 Å². The second-order valence-electron chi connectivity index (χ2n) is 9.24. The number of aromatic nitrogens is 2. The Morgan fingerprint density at radius 3 is 2.34 bits per heavy atom. The maximum absolute atomic E-state index is 13.4. The molecule has 2 aromatic heterocycles. The number of esters is 1. The molecule has 0 spiro atoms. The number of rotatable bonds is 9. The van der Waals surface area contributed by atoms with E-state index < -0.39 is 12.6 Å². The molecule has 5 rings (SSSR count). The van der Waals surface area contributed by atoms with Crippen molar-refractivity contribution in [2.75, 3.05) is 27.9 Å². The maximum Gasteiger partial charge on any atom is 0.338 e. The quantitative estimate of drug-likeness (QED) is 0.253. The summed E-state index contributed by atoms with van der Waals surface area (Å²) in [6.45, 7) is 1.50. The van der Waals surface area contributed by atoms with Crippen LogP contribution in [0.25, 0.3) is 38.6 Å². The highest BCUT2D eigenvalue weighted by atomic mass is 16.5. The Morgan fingerprint density at radius 1 is 0.927 bits per heavy atom. The van der Waals surface area contributed by atoms with Crippen LogP contribution in [0.1, 0.15) is 28.4 Å². The molecule has 0 aliphatic carbocycles. The Bertz CT molecular complexity index is 1830. The summed E-state index contributed by atoms with van der Waals surface area (Å²) in [4.78, 5) is 31.0. The van der Waals surface area contributed by atoms with E-state index in [-0.39, 0.29) is 24.3 Å². The first kappa shape index (κ1) is 27.8. The summed E-state index contributed by atoms with van der Waals surface area (Å²) in [7, 11) is 4.61. The average Bonchev–Trinajstić information content (AvgIpc) is 3.00. The van der Waals surface area contributed by atoms with Crippen LogP contribution < -0.4 is 15.0 Å². The van der Waals surface area contributed by atoms with Crippen LogP contribution in [0.3, 0.4) is 0 Å². The monoisotopic (exact) mass is 554 g/mol. The summed E-state index contributed by atoms with van der Waals surface area (Å²) in [6.07, 6.45) is 1.60. The van der Waals surface area contributed by atoms with Crippen molar-refractivity contribution >= 4 is 27.6 Å². The first-order valence-electron chi connectivity index (χ1n) is 13.0. The first-order valence-corrected chi connectivity index (χ1v) is 13.0. The van der Waals surface area contributed by atoms with Gasteiger partial charge in [0.25, 0.3) is 5.56 Å². The third kappa shape index (κ3) is 4.90. The number of ether oxygens (including phenoxy) is 4. The van der Waals surface area contributed by atoms with Crippen LogP contribution in [0, 0.1) is 0 Å². The van der Waals surface area contributed by atoms with E-state index in [9.17, 15) is 14.7 Å². The zero-order chi connectivity index (χ0) is 29.1. The number of nitrogens with zero attached hydrogens (tertiary/aromatic N) is 2. The molecule has 9 heteroatoms. The summed E-state index contributed by atoms with van der Waals surface area (Å²) in [5, 5.41) is 13.0. The second-order valence-corrected chi connectivity index (χ2v) is 9.24. The molecule has 9 nitrogen and oxygen atoms in total. The van der Waals surface area contributed by atoms with Crippen molar-refractivity contribution in [2.45, 2.75) is 20.1 Å². The minimum Gasteiger partial charge on any atom is -0.493 e. The fourth-order valence-electron chi connectivity index (χ4n) is 5.29. The van der Waals surface area contributed by atoms with Crippen LogP contribution in [0.5, 0.6) is 11.5 Å². The number of pyridine rings is 2. The van der Waals surface area contributed by atoms with E-state index in [4.69, 9.17) is 18.9 Å². The highest BCUT2D eigenvalue weighted by Crippen LogP contribution is 2.43. The molecule has 0 bridgehead atoms. The largest absolute Gasteiger partial charge is 0.493 e. The Morgan fingerprint density at radius 2 is 1.66 bits per heavy atom. The number of para-hydroxylation sites is 1. The van der Waals surface area contributed by atoms with Gasteiger partial charge in [-0.15, -0.1) is 0 Å². The van der Waals surface area contributed by atoms with Crippen molar-refractivity contribution in [2.24, 2.45) is 0 Å². The summed E-state index contributed by atoms with van der Waals surface area (Å²) in [6, 6.07) is 17.9. The number of hydrogen-bond donors (Lipinski definition) is 1. The number of carbonyl (C=O) groups is 1. The van der Waals surface area contributed by atoms with Gasteiger partial charge in [-0.2, -0.15) is 0 Å². The molecule has 0 atom stereocenters. The van der Waals surface area contributed by atoms with E-state index >= 15 is 0 Å². The minimum absolute atomic E-state index is 0.0837. The standard InChI is InChI=1S/C32H30N2O7/c1-5-41-32(37)31-23(17-35)30(22-16-27(40-4)26(39-3)15-21(22)24(31)18-38-2)20-12-13-33-28(14-20)34-25-9-7-6-8-19(25)10-11-29(34)36/h6-16,35H,5,17-18H2,1-4H3. The number of aliphatic hydroxyl groups is 1. The molecule has 0 aliphatic rings. The van der Waals surface area contributed by atoms with Crippen LogP contribution >= 0.6 is 0 Å². The fourth-order valence-corrected chi connectivity index (χ4v) is 5.29. The van der Waals surface area contributed by atoms with Crippen molar-refractivity contribution in [1.29, 1.82) is 0 Å². The Labute approximate surface area is 236 Å². The van der Waals surface area contributed by atoms with Crippen LogP contribution in [-0.2, 0) is 22.7 Å². The molecule has 0 amide bonds. The Balaban J connectivity index is 1.91. The third-order valence-corrected chi connectivity index (χ3v) is 7.02. The van der Waals surface area contributed by atoms with Gasteiger partial charge in [0.1, 0.15) is 5.82 Å². The van der Waals surface area contributed by atoms with Crippen LogP contribution in [-0.4, -0.2) is 48.6 Å². The van der Waals surface area contributed by atoms with Crippen molar-refractivity contribution in [3.8, 4) is 28.4 Å². The van der Waals surface area contributed by atoms with Gasteiger partial charge in [-0.25, -0.2) is 9.78 Å². The molecule has 0 radical (unpaired) electrons. The smallest absolute Gasteiger partial charge is 0.338 e. The molecule has 41 heavy (non-hydrogen) atoms. The molecular weight excluding hydrogens is 524 g/mol. The highest BCUT2D eigenvalue weighted by Gasteiger charge is 2.27. The normalized spacial score (nSPS) is 11.1. The third-order valence-electron chi connectivity index (χ3n) is 7.02. The topological polar surface area (TPSA) is 109 Å². The molecule has 3 aromatic carbocycles. The Kier molecular flexibility index (Phi) is 8.00. The molecular formula is C32H30N2O7. The van der Waals surface area contributed by atoms with E-state index in [1.807, 2.05) is 24.3 Å². The van der Waals surface area contributed by atoms with Crippen molar-refractivity contribution in [3.63, 3.8) is 0 Å². The lowest BCUT2D eigenvalue weighted by atomic mass is 9.86. The van der Waals surface area contributed by atoms with Crippen molar-refractivity contribution in [3.05, 3.63) is 93.9 Å². The molecule has 0 aliphatic heterocycles. The van der Waals surface area contributed by atoms with Gasteiger partial charge in [-0.1, -0.05) is 18.2 Å². The Hall–Kier alpha value is -4.73. The summed E-state index contributed by atoms with van der Waals surface area (Å²) < 4.78 is 23.7.